The van der Waals surface area contributed by atoms with Gasteiger partial charge in [0.2, 0.25) is 0 Å². The molecule has 132 valence electrons. The minimum atomic E-state index is -0.941. The van der Waals surface area contributed by atoms with E-state index in [2.05, 4.69) is 13.8 Å². The Hall–Kier alpha value is -0.120. The number of rotatable bonds is 0. The summed E-state index contributed by atoms with van der Waals surface area (Å²) in [5, 5.41) is 31.5. The van der Waals surface area contributed by atoms with Crippen LogP contribution in [-0.4, -0.2) is 33.1 Å². The average molecular weight is 322 g/mol. The molecule has 0 heterocycles. The third kappa shape index (κ3) is 1.99. The molecule has 3 heteroatoms. The van der Waals surface area contributed by atoms with Crippen molar-refractivity contribution in [3.63, 3.8) is 0 Å². The van der Waals surface area contributed by atoms with Crippen LogP contribution in [0.25, 0.3) is 0 Å². The van der Waals surface area contributed by atoms with Crippen molar-refractivity contribution in [2.75, 3.05) is 0 Å². The van der Waals surface area contributed by atoms with Crippen LogP contribution in [0.1, 0.15) is 72.1 Å². The first-order valence-electron chi connectivity index (χ1n) is 9.78. The lowest BCUT2D eigenvalue weighted by Gasteiger charge is -2.61. The van der Waals surface area contributed by atoms with Crippen LogP contribution < -0.4 is 0 Å². The minimum Gasteiger partial charge on any atom is -0.393 e. The Kier molecular flexibility index (Phi) is 3.52. The predicted molar refractivity (Wildman–Crippen MR) is 89.7 cm³/mol. The van der Waals surface area contributed by atoms with Crippen molar-refractivity contribution in [2.45, 2.75) is 89.9 Å². The Morgan fingerprint density at radius 2 is 1.57 bits per heavy atom. The quantitative estimate of drug-likeness (QED) is 0.642. The zero-order valence-corrected chi connectivity index (χ0v) is 15.0. The Morgan fingerprint density at radius 1 is 0.826 bits per heavy atom. The van der Waals surface area contributed by atoms with Gasteiger partial charge in [-0.2, -0.15) is 0 Å². The lowest BCUT2D eigenvalue weighted by molar-refractivity contribution is -0.164. The van der Waals surface area contributed by atoms with E-state index in [0.29, 0.717) is 29.1 Å². The van der Waals surface area contributed by atoms with Crippen LogP contribution in [0.4, 0.5) is 0 Å². The summed E-state index contributed by atoms with van der Waals surface area (Å²) < 4.78 is 0. The standard InChI is InChI=1S/C20H34O3/c1-18-8-6-13(21)10-12(18)4-5-14-15(18)7-9-19(2)16(14)11-17(22)20(19,3)23/h12-17,21-23H,4-11H2,1-3H3/t12?,13?,14-,15+,16+,17?,18+,19+,20?/m1/s1. The zero-order valence-electron chi connectivity index (χ0n) is 15.0. The second-order valence-corrected chi connectivity index (χ2v) is 9.94. The van der Waals surface area contributed by atoms with Gasteiger partial charge in [0.1, 0.15) is 0 Å². The summed E-state index contributed by atoms with van der Waals surface area (Å²) in [6, 6.07) is 0. The molecule has 0 bridgehead atoms. The van der Waals surface area contributed by atoms with E-state index < -0.39 is 11.7 Å². The maximum Gasteiger partial charge on any atom is 0.0933 e. The lowest BCUT2D eigenvalue weighted by Crippen LogP contribution is -2.57. The Labute approximate surface area is 140 Å². The summed E-state index contributed by atoms with van der Waals surface area (Å²) >= 11 is 0. The SMILES string of the molecule is CC1(O)C(O)C[C@H]2[C@@H]3CCC4CC(O)CC[C@]4(C)[C@H]3CC[C@@]21C. The van der Waals surface area contributed by atoms with Crippen LogP contribution in [0.2, 0.25) is 0 Å². The number of aliphatic hydroxyl groups is 3. The highest BCUT2D eigenvalue weighted by molar-refractivity contribution is 5.15. The molecule has 0 aliphatic heterocycles. The van der Waals surface area contributed by atoms with E-state index in [1.807, 2.05) is 6.92 Å². The molecule has 0 saturated heterocycles. The summed E-state index contributed by atoms with van der Waals surface area (Å²) in [5.41, 5.74) is -0.711. The van der Waals surface area contributed by atoms with E-state index in [4.69, 9.17) is 0 Å². The molecular weight excluding hydrogens is 288 g/mol. The van der Waals surface area contributed by atoms with Crippen LogP contribution in [0, 0.1) is 34.5 Å². The van der Waals surface area contributed by atoms with Crippen molar-refractivity contribution in [1.29, 1.82) is 0 Å². The molecule has 0 aromatic carbocycles. The molecule has 4 fully saturated rings. The molecule has 4 saturated carbocycles. The van der Waals surface area contributed by atoms with Crippen LogP contribution in [0.15, 0.2) is 0 Å². The highest BCUT2D eigenvalue weighted by Gasteiger charge is 2.66. The second kappa shape index (κ2) is 4.95. The molecule has 0 aromatic heterocycles. The fourth-order valence-corrected chi connectivity index (χ4v) is 7.47. The predicted octanol–water partition coefficient (Wildman–Crippen LogP) is 3.11. The van der Waals surface area contributed by atoms with Crippen LogP contribution in [0.5, 0.6) is 0 Å². The van der Waals surface area contributed by atoms with Gasteiger partial charge in [0.15, 0.2) is 0 Å². The molecule has 3 nitrogen and oxygen atoms in total. The topological polar surface area (TPSA) is 60.7 Å². The van der Waals surface area contributed by atoms with E-state index in [1.54, 1.807) is 0 Å². The smallest absolute Gasteiger partial charge is 0.0933 e. The van der Waals surface area contributed by atoms with Gasteiger partial charge in [-0.15, -0.1) is 0 Å². The summed E-state index contributed by atoms with van der Waals surface area (Å²) in [5.74, 6) is 2.49. The van der Waals surface area contributed by atoms with Gasteiger partial charge < -0.3 is 15.3 Å². The van der Waals surface area contributed by atoms with Gasteiger partial charge in [-0.25, -0.2) is 0 Å². The highest BCUT2D eigenvalue weighted by Crippen LogP contribution is 2.68. The maximum absolute atomic E-state index is 11.0. The van der Waals surface area contributed by atoms with Crippen molar-refractivity contribution in [3.8, 4) is 0 Å². The summed E-state index contributed by atoms with van der Waals surface area (Å²) in [6.45, 7) is 6.57. The fourth-order valence-electron chi connectivity index (χ4n) is 7.47. The molecule has 23 heavy (non-hydrogen) atoms. The highest BCUT2D eigenvalue weighted by atomic mass is 16.3. The van der Waals surface area contributed by atoms with Crippen LogP contribution in [0.3, 0.4) is 0 Å². The summed E-state index contributed by atoms with van der Waals surface area (Å²) in [4.78, 5) is 0. The maximum atomic E-state index is 11.0. The normalized spacial score (nSPS) is 62.3. The third-order valence-corrected chi connectivity index (χ3v) is 9.31. The Morgan fingerprint density at radius 3 is 2.30 bits per heavy atom. The summed E-state index contributed by atoms with van der Waals surface area (Å²) in [6.07, 6.45) is 7.87. The fraction of sp³-hybridized carbons (Fsp3) is 1.00. The Bertz CT molecular complexity index is 489. The second-order valence-electron chi connectivity index (χ2n) is 9.94. The van der Waals surface area contributed by atoms with Crippen molar-refractivity contribution in [1.82, 2.24) is 0 Å². The van der Waals surface area contributed by atoms with Gasteiger partial charge >= 0.3 is 0 Å². The van der Waals surface area contributed by atoms with Crippen LogP contribution >= 0.6 is 0 Å². The monoisotopic (exact) mass is 322 g/mol. The lowest BCUT2D eigenvalue weighted by atomic mass is 9.44. The third-order valence-electron chi connectivity index (χ3n) is 9.31. The van der Waals surface area contributed by atoms with E-state index in [-0.39, 0.29) is 11.5 Å². The molecule has 9 atom stereocenters. The van der Waals surface area contributed by atoms with Crippen molar-refractivity contribution in [2.24, 2.45) is 34.5 Å². The first-order chi connectivity index (χ1) is 10.7. The van der Waals surface area contributed by atoms with Crippen molar-refractivity contribution >= 4 is 0 Å². The van der Waals surface area contributed by atoms with Gasteiger partial charge in [-0.3, -0.25) is 0 Å². The molecule has 4 rings (SSSR count). The zero-order chi connectivity index (χ0) is 16.6. The molecule has 4 aliphatic carbocycles. The molecule has 4 unspecified atom stereocenters. The van der Waals surface area contributed by atoms with E-state index in [1.165, 1.54) is 19.3 Å². The molecule has 0 spiro atoms. The first kappa shape index (κ1) is 16.4. The largest absolute Gasteiger partial charge is 0.393 e. The molecule has 0 aromatic rings. The number of hydrogen-bond acceptors (Lipinski definition) is 3. The molecule has 3 N–H and O–H groups in total. The number of aliphatic hydroxyl groups excluding tert-OH is 2. The van der Waals surface area contributed by atoms with Gasteiger partial charge in [-0.05, 0) is 87.4 Å². The average Bonchev–Trinajstić information content (AvgIpc) is 2.67. The number of hydrogen-bond donors (Lipinski definition) is 3. The van der Waals surface area contributed by atoms with Gasteiger partial charge in [0.25, 0.3) is 0 Å². The Balaban J connectivity index is 1.65. The van der Waals surface area contributed by atoms with Gasteiger partial charge in [0, 0.05) is 5.41 Å². The number of fused-ring (bicyclic) bond motifs is 5. The van der Waals surface area contributed by atoms with Crippen molar-refractivity contribution in [3.05, 3.63) is 0 Å². The van der Waals surface area contributed by atoms with Crippen molar-refractivity contribution < 1.29 is 15.3 Å². The molecule has 0 amide bonds. The van der Waals surface area contributed by atoms with E-state index in [0.717, 1.165) is 32.1 Å². The van der Waals surface area contributed by atoms with Gasteiger partial charge in [-0.1, -0.05) is 13.8 Å². The molecular formula is C20H34O3. The van der Waals surface area contributed by atoms with Gasteiger partial charge in [0.05, 0.1) is 17.8 Å². The van der Waals surface area contributed by atoms with Crippen LogP contribution in [-0.2, 0) is 0 Å². The van der Waals surface area contributed by atoms with E-state index in [9.17, 15) is 15.3 Å². The molecule has 4 aliphatic rings. The summed E-state index contributed by atoms with van der Waals surface area (Å²) in [7, 11) is 0. The first-order valence-corrected chi connectivity index (χ1v) is 9.78. The van der Waals surface area contributed by atoms with E-state index >= 15 is 0 Å². The molecule has 0 radical (unpaired) electrons. The minimum absolute atomic E-state index is 0.0903.